The molecule has 0 aromatic rings. The lowest BCUT2D eigenvalue weighted by atomic mass is 10.1. The number of carbonyl (C=O) groups excluding carboxylic acids is 1. The molecule has 0 amide bonds. The highest BCUT2D eigenvalue weighted by Crippen LogP contribution is 2.51. The highest BCUT2D eigenvalue weighted by atomic mass is 32.3. The Hall–Kier alpha value is -0.230. The first-order valence-corrected chi connectivity index (χ1v) is 8.09. The first-order valence-electron chi connectivity index (χ1n) is 5.45. The number of ether oxygens (including phenoxy) is 1. The van der Waals surface area contributed by atoms with Crippen LogP contribution in [0.4, 0.5) is 0 Å². The van der Waals surface area contributed by atoms with E-state index in [1.165, 1.54) is 18.9 Å². The molecule has 1 heterocycles. The lowest BCUT2D eigenvalue weighted by molar-refractivity contribution is -0.145. The van der Waals surface area contributed by atoms with Crippen LogP contribution in [-0.2, 0) is 19.4 Å². The van der Waals surface area contributed by atoms with Crippen LogP contribution in [0.1, 0.15) is 25.7 Å². The molecule has 92 valence electrons. The number of rotatable bonds is 1. The van der Waals surface area contributed by atoms with Crippen LogP contribution in [0.3, 0.4) is 0 Å². The second-order valence-corrected chi connectivity index (χ2v) is 8.55. The molecule has 0 aromatic heterocycles. The summed E-state index contributed by atoms with van der Waals surface area (Å²) in [5.74, 6) is 0.657. The van der Waals surface area contributed by atoms with Crippen molar-refractivity contribution in [2.45, 2.75) is 29.8 Å². The zero-order chi connectivity index (χ0) is 11.8. The summed E-state index contributed by atoms with van der Waals surface area (Å²) in [4.78, 5) is 11.4. The average molecular weight is 264 g/mol. The molecule has 1 saturated heterocycles. The Morgan fingerprint density at radius 3 is 2.88 bits per heavy atom. The van der Waals surface area contributed by atoms with Gasteiger partial charge in [-0.05, 0) is 31.4 Å². The Bertz CT molecular complexity index is 390. The standard InChI is InChI=1S/C10H16O4S2/c1-14-9(11)8-3-4-10(7-8)15-5-2-6-16(10,12)13/h8H,2-7H2,1H3/t8-,10-/m0/s1. The van der Waals surface area contributed by atoms with Gasteiger partial charge in [-0.2, -0.15) is 0 Å². The predicted molar refractivity (Wildman–Crippen MR) is 62.9 cm³/mol. The SMILES string of the molecule is COC(=O)[C@H]1CC[C@]2(C1)SCCCS2(=O)=O. The van der Waals surface area contributed by atoms with Crippen LogP contribution in [0.15, 0.2) is 0 Å². The fourth-order valence-electron chi connectivity index (χ4n) is 2.54. The van der Waals surface area contributed by atoms with E-state index in [0.717, 1.165) is 12.2 Å². The number of sulfone groups is 1. The quantitative estimate of drug-likeness (QED) is 0.666. The zero-order valence-corrected chi connectivity index (χ0v) is 10.9. The molecule has 2 atom stereocenters. The highest BCUT2D eigenvalue weighted by molar-refractivity contribution is 8.15. The minimum Gasteiger partial charge on any atom is -0.469 e. The van der Waals surface area contributed by atoms with E-state index in [-0.39, 0.29) is 17.6 Å². The summed E-state index contributed by atoms with van der Waals surface area (Å²) >= 11 is 1.52. The highest BCUT2D eigenvalue weighted by Gasteiger charge is 2.52. The van der Waals surface area contributed by atoms with E-state index >= 15 is 0 Å². The molecule has 0 radical (unpaired) electrons. The Balaban J connectivity index is 2.19. The Morgan fingerprint density at radius 2 is 2.25 bits per heavy atom. The van der Waals surface area contributed by atoms with Gasteiger partial charge in [-0.15, -0.1) is 11.8 Å². The van der Waals surface area contributed by atoms with Crippen LogP contribution in [0, 0.1) is 5.92 Å². The molecule has 0 aromatic carbocycles. The minimum absolute atomic E-state index is 0.231. The second-order valence-electron chi connectivity index (χ2n) is 4.39. The van der Waals surface area contributed by atoms with Crippen molar-refractivity contribution in [3.05, 3.63) is 0 Å². The van der Waals surface area contributed by atoms with Crippen LogP contribution >= 0.6 is 11.8 Å². The van der Waals surface area contributed by atoms with Crippen LogP contribution < -0.4 is 0 Å². The largest absolute Gasteiger partial charge is 0.469 e. The van der Waals surface area contributed by atoms with Gasteiger partial charge < -0.3 is 4.74 Å². The number of hydrogen-bond acceptors (Lipinski definition) is 5. The zero-order valence-electron chi connectivity index (χ0n) is 9.27. The normalized spacial score (nSPS) is 37.4. The summed E-state index contributed by atoms with van der Waals surface area (Å²) in [5.41, 5.74) is 0. The van der Waals surface area contributed by atoms with Gasteiger partial charge in [0.2, 0.25) is 0 Å². The molecule has 2 rings (SSSR count). The van der Waals surface area contributed by atoms with Gasteiger partial charge in [-0.1, -0.05) is 0 Å². The van der Waals surface area contributed by atoms with Gasteiger partial charge in [0.15, 0.2) is 9.84 Å². The monoisotopic (exact) mass is 264 g/mol. The molecule has 1 saturated carbocycles. The van der Waals surface area contributed by atoms with Crippen LogP contribution in [0.2, 0.25) is 0 Å². The van der Waals surface area contributed by atoms with Crippen molar-refractivity contribution in [3.8, 4) is 0 Å². The van der Waals surface area contributed by atoms with Gasteiger partial charge >= 0.3 is 5.97 Å². The van der Waals surface area contributed by atoms with Crippen LogP contribution in [0.5, 0.6) is 0 Å². The maximum Gasteiger partial charge on any atom is 0.308 e. The first-order chi connectivity index (χ1) is 7.51. The van der Waals surface area contributed by atoms with Gasteiger partial charge in [0.25, 0.3) is 0 Å². The van der Waals surface area contributed by atoms with E-state index in [1.807, 2.05) is 0 Å². The maximum absolute atomic E-state index is 12.1. The topological polar surface area (TPSA) is 60.4 Å². The molecule has 1 aliphatic heterocycles. The van der Waals surface area contributed by atoms with Crippen molar-refractivity contribution in [2.75, 3.05) is 18.6 Å². The van der Waals surface area contributed by atoms with Crippen molar-refractivity contribution < 1.29 is 17.9 Å². The Kier molecular flexibility index (Phi) is 3.22. The number of esters is 1. The van der Waals surface area contributed by atoms with Crippen molar-refractivity contribution in [1.29, 1.82) is 0 Å². The third kappa shape index (κ3) is 1.86. The summed E-state index contributed by atoms with van der Waals surface area (Å²) < 4.78 is 28.2. The third-order valence-electron chi connectivity index (χ3n) is 3.45. The van der Waals surface area contributed by atoms with Crippen LogP contribution in [-0.4, -0.2) is 37.1 Å². The van der Waals surface area contributed by atoms with E-state index in [2.05, 4.69) is 0 Å². The molecule has 0 N–H and O–H groups in total. The van der Waals surface area contributed by atoms with Crippen molar-refractivity contribution in [1.82, 2.24) is 0 Å². The summed E-state index contributed by atoms with van der Waals surface area (Å²) in [6.45, 7) is 0. The number of methoxy groups -OCH3 is 1. The van der Waals surface area contributed by atoms with E-state index < -0.39 is 13.9 Å². The van der Waals surface area contributed by atoms with E-state index in [4.69, 9.17) is 4.74 Å². The van der Waals surface area contributed by atoms with Crippen molar-refractivity contribution >= 4 is 27.6 Å². The smallest absolute Gasteiger partial charge is 0.308 e. The predicted octanol–water partition coefficient (Wildman–Crippen LogP) is 1.21. The molecule has 4 nitrogen and oxygen atoms in total. The van der Waals surface area contributed by atoms with Crippen LogP contribution in [0.25, 0.3) is 0 Å². The van der Waals surface area contributed by atoms with E-state index in [0.29, 0.717) is 19.3 Å². The second kappa shape index (κ2) is 4.22. The molecule has 2 aliphatic rings. The third-order valence-corrected chi connectivity index (χ3v) is 8.29. The molecule has 6 heteroatoms. The molecule has 16 heavy (non-hydrogen) atoms. The average Bonchev–Trinajstić information content (AvgIpc) is 2.68. The molecule has 1 spiro atoms. The fourth-order valence-corrected chi connectivity index (χ4v) is 6.96. The van der Waals surface area contributed by atoms with Gasteiger partial charge in [0, 0.05) is 0 Å². The lowest BCUT2D eigenvalue weighted by Gasteiger charge is -2.32. The fraction of sp³-hybridized carbons (Fsp3) is 0.900. The number of carbonyl (C=O) groups is 1. The molecular formula is C10H16O4S2. The number of thioether (sulfide) groups is 1. The van der Waals surface area contributed by atoms with Crippen molar-refractivity contribution in [2.24, 2.45) is 5.92 Å². The van der Waals surface area contributed by atoms with E-state index in [1.54, 1.807) is 0 Å². The number of hydrogen-bond donors (Lipinski definition) is 0. The Labute approximate surface area is 100 Å². The minimum atomic E-state index is -3.04. The van der Waals surface area contributed by atoms with Gasteiger partial charge in [-0.3, -0.25) is 4.79 Å². The summed E-state index contributed by atoms with van der Waals surface area (Å²) in [7, 11) is -1.69. The molecule has 1 aliphatic carbocycles. The maximum atomic E-state index is 12.1. The molecule has 2 fully saturated rings. The van der Waals surface area contributed by atoms with E-state index in [9.17, 15) is 13.2 Å². The molecule has 0 unspecified atom stereocenters. The lowest BCUT2D eigenvalue weighted by Crippen LogP contribution is -2.38. The van der Waals surface area contributed by atoms with Crippen molar-refractivity contribution in [3.63, 3.8) is 0 Å². The summed E-state index contributed by atoms with van der Waals surface area (Å²) in [6, 6.07) is 0. The molecular weight excluding hydrogens is 248 g/mol. The summed E-state index contributed by atoms with van der Waals surface area (Å²) in [6.07, 6.45) is 2.41. The molecule has 0 bridgehead atoms. The summed E-state index contributed by atoms with van der Waals surface area (Å²) in [5, 5.41) is 0. The van der Waals surface area contributed by atoms with Gasteiger partial charge in [0.1, 0.15) is 4.08 Å². The van der Waals surface area contributed by atoms with Gasteiger partial charge in [0.05, 0.1) is 18.8 Å². The van der Waals surface area contributed by atoms with Gasteiger partial charge in [-0.25, -0.2) is 8.42 Å². The first kappa shape index (κ1) is 12.2. The Morgan fingerprint density at radius 1 is 1.50 bits per heavy atom.